The molecule has 0 N–H and O–H groups in total. The molecule has 0 saturated heterocycles. The summed E-state index contributed by atoms with van der Waals surface area (Å²) < 4.78 is 219. The normalized spacial score (nSPS) is 12.8. The third-order valence-electron chi connectivity index (χ3n) is 12.7. The van der Waals surface area contributed by atoms with Gasteiger partial charge in [-0.3, -0.25) is 0 Å². The number of rotatable bonds is 5. The second-order valence-corrected chi connectivity index (χ2v) is 17.0. The Morgan fingerprint density at radius 2 is 0.743 bits per heavy atom. The van der Waals surface area contributed by atoms with Crippen molar-refractivity contribution in [1.29, 1.82) is 10.5 Å². The van der Waals surface area contributed by atoms with Crippen LogP contribution in [0.25, 0.3) is 88.4 Å². The van der Waals surface area contributed by atoms with Crippen LogP contribution in [0.3, 0.4) is 0 Å². The summed E-state index contributed by atoms with van der Waals surface area (Å²) in [4.78, 5) is 0. The summed E-state index contributed by atoms with van der Waals surface area (Å²) in [5.74, 6) is 0. The average Bonchev–Trinajstić information content (AvgIpc) is 3.86. The monoisotopic (exact) mass is 1030 g/mol. The smallest absolute Gasteiger partial charge is 0.309 e. The van der Waals surface area contributed by atoms with Crippen LogP contribution in [0.1, 0.15) is 38.9 Å². The lowest BCUT2D eigenvalue weighted by Gasteiger charge is -2.21. The van der Waals surface area contributed by atoms with Gasteiger partial charge in [0.2, 0.25) is 0 Å². The van der Waals surface area contributed by atoms with Crippen LogP contribution in [-0.4, -0.2) is 9.13 Å². The number of nitrogens with zero attached hydrogens (tertiary/aromatic N) is 4. The molecule has 0 amide bonds. The number of hydrogen-bond donors (Lipinski definition) is 0. The third kappa shape index (κ3) is 8.27. The largest absolute Gasteiger partial charge is 0.417 e. The highest BCUT2D eigenvalue weighted by Crippen LogP contribution is 2.48. The minimum atomic E-state index is -5.31. The minimum absolute atomic E-state index is 0.0235. The molecule has 0 aliphatic carbocycles. The van der Waals surface area contributed by atoms with Gasteiger partial charge in [-0.25, -0.2) is 0 Å². The van der Waals surface area contributed by atoms with Crippen molar-refractivity contribution in [3.63, 3.8) is 0 Å². The van der Waals surface area contributed by atoms with Crippen LogP contribution in [0.4, 0.5) is 65.9 Å². The summed E-state index contributed by atoms with van der Waals surface area (Å²) in [5, 5.41) is 22.3. The Hall–Kier alpha value is -8.71. The van der Waals surface area contributed by atoms with E-state index in [0.717, 1.165) is 12.1 Å². The molecule has 0 aliphatic rings. The van der Waals surface area contributed by atoms with Crippen molar-refractivity contribution in [1.82, 2.24) is 9.13 Å². The number of aromatic nitrogens is 2. The molecule has 2 aromatic heterocycles. The molecule has 0 atom stereocenters. The number of hydrogen-bond acceptors (Lipinski definition) is 2. The molecule has 0 bridgehead atoms. The van der Waals surface area contributed by atoms with Crippen LogP contribution >= 0.6 is 0 Å². The Bertz CT molecular complexity index is 4040. The maximum atomic E-state index is 15.4. The zero-order valence-corrected chi connectivity index (χ0v) is 36.9. The van der Waals surface area contributed by atoms with Gasteiger partial charge in [0.25, 0.3) is 0 Å². The van der Waals surface area contributed by atoms with Crippen LogP contribution < -0.4 is 0 Å². The molecule has 0 radical (unpaired) electrons. The van der Waals surface area contributed by atoms with Gasteiger partial charge in [0.1, 0.15) is 6.07 Å². The summed E-state index contributed by atoms with van der Waals surface area (Å²) in [6.45, 7) is 0. The predicted molar refractivity (Wildman–Crippen MR) is 246 cm³/mol. The van der Waals surface area contributed by atoms with Gasteiger partial charge in [-0.15, -0.1) is 0 Å². The Kier molecular flexibility index (Phi) is 11.2. The molecular weight excluding hydrogens is 1000 g/mol. The van der Waals surface area contributed by atoms with E-state index in [1.54, 1.807) is 48.5 Å². The molecule has 0 aliphatic heterocycles. The molecule has 4 nitrogen and oxygen atoms in total. The molecule has 0 spiro atoms. The minimum Gasteiger partial charge on any atom is -0.309 e. The van der Waals surface area contributed by atoms with Gasteiger partial charge < -0.3 is 9.13 Å². The lowest BCUT2D eigenvalue weighted by molar-refractivity contribution is -0.144. The number of nitriles is 2. The first-order chi connectivity index (χ1) is 34.8. The first-order valence-corrected chi connectivity index (χ1v) is 21.6. The molecule has 0 saturated carbocycles. The number of para-hydroxylation sites is 2. The van der Waals surface area contributed by atoms with Gasteiger partial charge in [-0.1, -0.05) is 78.9 Å². The first-order valence-electron chi connectivity index (χ1n) is 21.6. The quantitative estimate of drug-likeness (QED) is 0.161. The zero-order valence-electron chi connectivity index (χ0n) is 36.9. The van der Waals surface area contributed by atoms with Crippen LogP contribution in [0, 0.1) is 22.7 Å². The predicted octanol–water partition coefficient (Wildman–Crippen LogP) is 17.7. The Balaban J connectivity index is 1.32. The lowest BCUT2D eigenvalue weighted by atomic mass is 9.93. The van der Waals surface area contributed by atoms with Crippen molar-refractivity contribution >= 4 is 43.6 Å². The molecular formula is C55H25F15N4. The topological polar surface area (TPSA) is 57.4 Å². The van der Waals surface area contributed by atoms with Gasteiger partial charge in [0.15, 0.2) is 0 Å². The maximum Gasteiger partial charge on any atom is 0.417 e. The number of halogens is 15. The molecule has 74 heavy (non-hydrogen) atoms. The summed E-state index contributed by atoms with van der Waals surface area (Å²) in [5.41, 5.74) is -10.9. The zero-order chi connectivity index (χ0) is 53.0. The standard InChI is InChI=1S/C55H25F15N4/c56-51(57,58)32-12-17-34(43(23-32)54(65,66)67)29-10-15-39-37-5-1-3-7-45(37)73(48(39)20-29)47-25-41(36-14-9-28(26-71)19-42(36)53(62,63)64)50(22-31(47)27-72)74-46-8-4-2-6-38(46)40-16-11-30(21-49(40)74)35-18-13-33(52(59,60)61)24-44(35)55(68,69)70/h1-25H. The second-order valence-electron chi connectivity index (χ2n) is 17.0. The molecule has 370 valence electrons. The highest BCUT2D eigenvalue weighted by atomic mass is 19.4. The Labute approximate surface area is 406 Å². The van der Waals surface area contributed by atoms with Crippen molar-refractivity contribution in [2.75, 3.05) is 0 Å². The number of benzene rings is 8. The number of fused-ring (bicyclic) bond motifs is 6. The van der Waals surface area contributed by atoms with Gasteiger partial charge in [0, 0.05) is 27.1 Å². The SMILES string of the molecule is N#Cc1ccc(-c2cc(-n3c4ccccc4c4ccc(-c5ccc(C(F)(F)F)cc5C(F)(F)F)cc43)c(C#N)cc2-n2c3ccccc3c3ccc(-c4ccc(C(F)(F)F)cc4C(F)(F)F)cc32)c(C(F)(F)F)c1. The van der Waals surface area contributed by atoms with E-state index < -0.39 is 81.0 Å². The fraction of sp³-hybridized carbons (Fsp3) is 0.0909. The molecule has 10 rings (SSSR count). The third-order valence-corrected chi connectivity index (χ3v) is 12.7. The van der Waals surface area contributed by atoms with Gasteiger partial charge in [-0.2, -0.15) is 76.4 Å². The highest BCUT2D eigenvalue weighted by Gasteiger charge is 2.41. The summed E-state index contributed by atoms with van der Waals surface area (Å²) >= 11 is 0. The van der Waals surface area contributed by atoms with Crippen molar-refractivity contribution in [2.24, 2.45) is 0 Å². The molecule has 0 unspecified atom stereocenters. The van der Waals surface area contributed by atoms with Crippen LogP contribution in [0.15, 0.2) is 152 Å². The molecule has 0 fully saturated rings. The summed E-state index contributed by atoms with van der Waals surface area (Å²) in [6.07, 6.45) is -26.1. The van der Waals surface area contributed by atoms with E-state index in [1.165, 1.54) is 63.7 Å². The Morgan fingerprint density at radius 1 is 0.324 bits per heavy atom. The van der Waals surface area contributed by atoms with E-state index in [4.69, 9.17) is 0 Å². The van der Waals surface area contributed by atoms with E-state index in [0.29, 0.717) is 51.9 Å². The summed E-state index contributed by atoms with van der Waals surface area (Å²) in [7, 11) is 0. The number of alkyl halides is 15. The fourth-order valence-electron chi connectivity index (χ4n) is 9.54. The summed E-state index contributed by atoms with van der Waals surface area (Å²) in [6, 6.07) is 31.4. The van der Waals surface area contributed by atoms with E-state index in [-0.39, 0.29) is 67.8 Å². The average molecular weight is 1030 g/mol. The van der Waals surface area contributed by atoms with Crippen LogP contribution in [0.2, 0.25) is 0 Å². The molecule has 8 aromatic carbocycles. The van der Waals surface area contributed by atoms with E-state index in [2.05, 4.69) is 6.07 Å². The van der Waals surface area contributed by atoms with Crippen molar-refractivity contribution < 1.29 is 65.9 Å². The highest BCUT2D eigenvalue weighted by molar-refractivity contribution is 6.12. The van der Waals surface area contributed by atoms with Crippen molar-refractivity contribution in [2.45, 2.75) is 30.9 Å². The van der Waals surface area contributed by atoms with E-state index in [9.17, 15) is 63.2 Å². The Morgan fingerprint density at radius 3 is 1.18 bits per heavy atom. The van der Waals surface area contributed by atoms with Gasteiger partial charge in [0.05, 0.1) is 78.5 Å². The maximum absolute atomic E-state index is 15.4. The molecule has 10 aromatic rings. The van der Waals surface area contributed by atoms with E-state index in [1.807, 2.05) is 0 Å². The van der Waals surface area contributed by atoms with E-state index >= 15 is 13.2 Å². The fourth-order valence-corrected chi connectivity index (χ4v) is 9.54. The lowest BCUT2D eigenvalue weighted by Crippen LogP contribution is -2.12. The van der Waals surface area contributed by atoms with Crippen LogP contribution in [-0.2, 0) is 30.9 Å². The first kappa shape index (κ1) is 48.9. The molecule has 2 heterocycles. The van der Waals surface area contributed by atoms with Crippen molar-refractivity contribution in [3.05, 3.63) is 191 Å². The molecule has 19 heteroatoms. The van der Waals surface area contributed by atoms with Gasteiger partial charge >= 0.3 is 30.9 Å². The van der Waals surface area contributed by atoms with Crippen LogP contribution in [0.5, 0.6) is 0 Å². The second kappa shape index (κ2) is 16.9. The van der Waals surface area contributed by atoms with Crippen molar-refractivity contribution in [3.8, 4) is 56.9 Å². The van der Waals surface area contributed by atoms with Gasteiger partial charge in [-0.05, 0) is 101 Å².